The highest BCUT2D eigenvalue weighted by Gasteiger charge is 2.49. The fourth-order valence-electron chi connectivity index (χ4n) is 3.26. The Balaban J connectivity index is 1.90. The van der Waals surface area contributed by atoms with Gasteiger partial charge >= 0.3 is 11.9 Å². The number of methoxy groups -OCH3 is 1. The number of Topliss-reactive ketones (excluding diaryl/α,β-unsaturated/α-hetero) is 1. The second-order valence-electron chi connectivity index (χ2n) is 6.45. The predicted molar refractivity (Wildman–Crippen MR) is 108 cm³/mol. The summed E-state index contributed by atoms with van der Waals surface area (Å²) in [6.45, 7) is 1.61. The summed E-state index contributed by atoms with van der Waals surface area (Å²) < 4.78 is 10.2. The Morgan fingerprint density at radius 1 is 1.20 bits per heavy atom. The third-order valence-corrected chi connectivity index (χ3v) is 5.80. The van der Waals surface area contributed by atoms with Crippen LogP contribution >= 0.6 is 11.3 Å². The molecule has 152 valence electrons. The summed E-state index contributed by atoms with van der Waals surface area (Å²) in [5.41, 5.74) is 0.635. The monoisotopic (exact) mass is 424 g/mol. The predicted octanol–water partition coefficient (Wildman–Crippen LogP) is 3.46. The summed E-state index contributed by atoms with van der Waals surface area (Å²) in [5.74, 6) is -2.38. The maximum Gasteiger partial charge on any atom is 0.350 e. The zero-order valence-electron chi connectivity index (χ0n) is 16.0. The van der Waals surface area contributed by atoms with E-state index in [4.69, 9.17) is 9.15 Å². The molecule has 1 aliphatic rings. The number of thiazole rings is 1. The van der Waals surface area contributed by atoms with Crippen LogP contribution in [0.4, 0.5) is 5.13 Å². The number of furan rings is 1. The van der Waals surface area contributed by atoms with E-state index >= 15 is 0 Å². The standard InChI is InChI=1S/C21H16N2O6S/c1-11-18(20(27)28-2)30-21(22-11)23-15(13-9-6-10-29-13)14(17(25)19(23)26)16(24)12-7-4-3-5-8-12/h3-10,15,24H,1-2H3/b16-14+/t15-/m0/s1. The molecule has 1 aromatic carbocycles. The SMILES string of the molecule is COC(=O)c1sc(N2C(=O)C(=O)/C(=C(/O)c3ccccc3)[C@@H]2c2ccco2)nc1C. The lowest BCUT2D eigenvalue weighted by molar-refractivity contribution is -0.132. The molecule has 3 heterocycles. The molecule has 2 aromatic heterocycles. The molecule has 0 bridgehead atoms. The normalized spacial score (nSPS) is 18.1. The van der Waals surface area contributed by atoms with Crippen molar-refractivity contribution < 1.29 is 28.6 Å². The first-order valence-corrected chi connectivity index (χ1v) is 9.71. The molecule has 1 saturated heterocycles. The molecule has 0 saturated carbocycles. The van der Waals surface area contributed by atoms with Crippen LogP contribution in [0.3, 0.4) is 0 Å². The van der Waals surface area contributed by atoms with E-state index in [1.165, 1.54) is 13.4 Å². The topological polar surface area (TPSA) is 110 Å². The van der Waals surface area contributed by atoms with E-state index in [0.717, 1.165) is 16.2 Å². The summed E-state index contributed by atoms with van der Waals surface area (Å²) in [5, 5.41) is 11.0. The van der Waals surface area contributed by atoms with Crippen LogP contribution in [-0.4, -0.2) is 34.9 Å². The van der Waals surface area contributed by atoms with E-state index in [1.807, 2.05) is 0 Å². The van der Waals surface area contributed by atoms with Crippen molar-refractivity contribution >= 4 is 39.9 Å². The third-order valence-electron chi connectivity index (χ3n) is 4.67. The number of esters is 1. The Kier molecular flexibility index (Phi) is 4.96. The van der Waals surface area contributed by atoms with Crippen LogP contribution in [0.15, 0.2) is 58.7 Å². The molecule has 1 atom stereocenters. The quantitative estimate of drug-likeness (QED) is 0.296. The van der Waals surface area contributed by atoms with Crippen molar-refractivity contribution in [3.63, 3.8) is 0 Å². The fourth-order valence-corrected chi connectivity index (χ4v) is 4.28. The van der Waals surface area contributed by atoms with Gasteiger partial charge in [0.1, 0.15) is 22.4 Å². The zero-order chi connectivity index (χ0) is 21.4. The molecule has 9 heteroatoms. The molecular formula is C21H16N2O6S. The number of amides is 1. The van der Waals surface area contributed by atoms with Crippen LogP contribution < -0.4 is 4.90 Å². The number of aliphatic hydroxyl groups excluding tert-OH is 1. The second kappa shape index (κ2) is 7.60. The van der Waals surface area contributed by atoms with Gasteiger partial charge in [-0.05, 0) is 19.1 Å². The number of carbonyl (C=O) groups excluding carboxylic acids is 3. The van der Waals surface area contributed by atoms with Crippen LogP contribution in [-0.2, 0) is 14.3 Å². The van der Waals surface area contributed by atoms with Crippen LogP contribution in [0.25, 0.3) is 5.76 Å². The van der Waals surface area contributed by atoms with Gasteiger partial charge < -0.3 is 14.3 Å². The van der Waals surface area contributed by atoms with Gasteiger partial charge in [-0.2, -0.15) is 0 Å². The highest BCUT2D eigenvalue weighted by Crippen LogP contribution is 2.43. The molecule has 30 heavy (non-hydrogen) atoms. The molecule has 8 nitrogen and oxygen atoms in total. The summed E-state index contributed by atoms with van der Waals surface area (Å²) in [4.78, 5) is 43.5. The third kappa shape index (κ3) is 3.09. The number of ether oxygens (including phenoxy) is 1. The minimum absolute atomic E-state index is 0.117. The van der Waals surface area contributed by atoms with Gasteiger partial charge in [0.05, 0.1) is 24.6 Å². The van der Waals surface area contributed by atoms with Gasteiger partial charge in [0.25, 0.3) is 5.78 Å². The molecule has 3 aromatic rings. The average molecular weight is 424 g/mol. The number of nitrogens with zero attached hydrogens (tertiary/aromatic N) is 2. The van der Waals surface area contributed by atoms with E-state index < -0.39 is 23.7 Å². The molecule has 0 radical (unpaired) electrons. The Bertz CT molecular complexity index is 1160. The molecule has 1 fully saturated rings. The zero-order valence-corrected chi connectivity index (χ0v) is 16.8. The highest BCUT2D eigenvalue weighted by atomic mass is 32.1. The lowest BCUT2D eigenvalue weighted by Crippen LogP contribution is -2.29. The van der Waals surface area contributed by atoms with Crippen molar-refractivity contribution in [3.8, 4) is 0 Å². The summed E-state index contributed by atoms with van der Waals surface area (Å²) in [6, 6.07) is 10.6. The number of ketones is 1. The first kappa shape index (κ1) is 19.6. The lowest BCUT2D eigenvalue weighted by atomic mass is 9.99. The van der Waals surface area contributed by atoms with Crippen LogP contribution in [0.2, 0.25) is 0 Å². The number of benzene rings is 1. The minimum Gasteiger partial charge on any atom is -0.507 e. The Morgan fingerprint density at radius 3 is 2.57 bits per heavy atom. The van der Waals surface area contributed by atoms with E-state index in [9.17, 15) is 19.5 Å². The number of hydrogen-bond donors (Lipinski definition) is 1. The van der Waals surface area contributed by atoms with E-state index in [-0.39, 0.29) is 27.1 Å². The van der Waals surface area contributed by atoms with Crippen molar-refractivity contribution in [2.75, 3.05) is 12.0 Å². The van der Waals surface area contributed by atoms with Crippen molar-refractivity contribution in [1.29, 1.82) is 0 Å². The minimum atomic E-state index is -1.03. The Hall–Kier alpha value is -3.72. The second-order valence-corrected chi connectivity index (χ2v) is 7.43. The van der Waals surface area contributed by atoms with Gasteiger partial charge in [-0.3, -0.25) is 14.5 Å². The van der Waals surface area contributed by atoms with Crippen molar-refractivity contribution in [1.82, 2.24) is 4.98 Å². The maximum absolute atomic E-state index is 13.0. The van der Waals surface area contributed by atoms with Crippen LogP contribution in [0.5, 0.6) is 0 Å². The van der Waals surface area contributed by atoms with Crippen molar-refractivity contribution in [3.05, 3.63) is 76.2 Å². The molecular weight excluding hydrogens is 408 g/mol. The summed E-state index contributed by atoms with van der Waals surface area (Å²) in [7, 11) is 1.25. The van der Waals surface area contributed by atoms with Crippen LogP contribution in [0.1, 0.15) is 32.7 Å². The Labute approximate surface area is 175 Å². The highest BCUT2D eigenvalue weighted by molar-refractivity contribution is 7.17. The number of carbonyl (C=O) groups is 3. The average Bonchev–Trinajstić information content (AvgIpc) is 3.47. The molecule has 0 aliphatic carbocycles. The van der Waals surface area contributed by atoms with Crippen molar-refractivity contribution in [2.45, 2.75) is 13.0 Å². The molecule has 4 rings (SSSR count). The number of anilines is 1. The number of hydrogen-bond acceptors (Lipinski definition) is 8. The lowest BCUT2D eigenvalue weighted by Gasteiger charge is -2.20. The van der Waals surface area contributed by atoms with Gasteiger partial charge in [0.2, 0.25) is 0 Å². The molecule has 1 N–H and O–H groups in total. The van der Waals surface area contributed by atoms with Crippen molar-refractivity contribution in [2.24, 2.45) is 0 Å². The molecule has 1 aliphatic heterocycles. The number of aromatic nitrogens is 1. The maximum atomic E-state index is 13.0. The van der Waals surface area contributed by atoms with Gasteiger partial charge in [-0.25, -0.2) is 9.78 Å². The van der Waals surface area contributed by atoms with Crippen LogP contribution in [0, 0.1) is 6.92 Å². The first-order chi connectivity index (χ1) is 14.4. The van der Waals surface area contributed by atoms with E-state index in [1.54, 1.807) is 49.4 Å². The summed E-state index contributed by atoms with van der Waals surface area (Å²) in [6.07, 6.45) is 1.41. The number of rotatable bonds is 4. The van der Waals surface area contributed by atoms with E-state index in [2.05, 4.69) is 4.98 Å². The Morgan fingerprint density at radius 2 is 1.93 bits per heavy atom. The first-order valence-electron chi connectivity index (χ1n) is 8.89. The molecule has 1 amide bonds. The fraction of sp³-hybridized carbons (Fsp3) is 0.143. The molecule has 0 unspecified atom stereocenters. The molecule has 0 spiro atoms. The summed E-state index contributed by atoms with van der Waals surface area (Å²) >= 11 is 0.927. The number of aryl methyl sites for hydroxylation is 1. The smallest absolute Gasteiger partial charge is 0.350 e. The van der Waals surface area contributed by atoms with Gasteiger partial charge in [-0.15, -0.1) is 0 Å². The van der Waals surface area contributed by atoms with Gasteiger partial charge in [-0.1, -0.05) is 41.7 Å². The number of aliphatic hydroxyl groups is 1. The van der Waals surface area contributed by atoms with Gasteiger partial charge in [0.15, 0.2) is 5.13 Å². The largest absolute Gasteiger partial charge is 0.507 e. The van der Waals surface area contributed by atoms with Gasteiger partial charge in [0, 0.05) is 5.56 Å². The van der Waals surface area contributed by atoms with E-state index in [0.29, 0.717) is 11.3 Å².